The first-order chi connectivity index (χ1) is 13.1. The molecule has 5 nitrogen and oxygen atoms in total. The summed E-state index contributed by atoms with van der Waals surface area (Å²) >= 11 is 12.1. The maximum Gasteiger partial charge on any atom is 0.248 e. The fourth-order valence-electron chi connectivity index (χ4n) is 2.51. The largest absolute Gasteiger partial charge is 0.465 e. The SMILES string of the molecule is O=C(/C=C\c1ccco1)Nc1ccc2oc(-c3ccc(Cl)cc3Cl)nc2c1. The summed E-state index contributed by atoms with van der Waals surface area (Å²) in [6, 6.07) is 13.8. The van der Waals surface area contributed by atoms with Crippen LogP contribution in [-0.2, 0) is 4.79 Å². The Labute approximate surface area is 164 Å². The van der Waals surface area contributed by atoms with E-state index in [1.165, 1.54) is 6.08 Å². The van der Waals surface area contributed by atoms with Gasteiger partial charge in [-0.2, -0.15) is 0 Å². The number of anilines is 1. The Morgan fingerprint density at radius 3 is 2.78 bits per heavy atom. The number of amides is 1. The molecule has 4 rings (SSSR count). The number of oxazole rings is 1. The summed E-state index contributed by atoms with van der Waals surface area (Å²) in [6.07, 6.45) is 4.52. The van der Waals surface area contributed by atoms with E-state index in [2.05, 4.69) is 10.3 Å². The van der Waals surface area contributed by atoms with Gasteiger partial charge in [-0.1, -0.05) is 23.2 Å². The van der Waals surface area contributed by atoms with Crippen molar-refractivity contribution in [3.05, 3.63) is 76.7 Å². The zero-order valence-corrected chi connectivity index (χ0v) is 15.3. The predicted octanol–water partition coefficient (Wildman–Crippen LogP) is 6.05. The Hall–Kier alpha value is -3.02. The first kappa shape index (κ1) is 17.4. The second-order valence-electron chi connectivity index (χ2n) is 5.66. The Morgan fingerprint density at radius 1 is 1.11 bits per heavy atom. The van der Waals surface area contributed by atoms with Crippen LogP contribution in [0.1, 0.15) is 5.76 Å². The van der Waals surface area contributed by atoms with E-state index >= 15 is 0 Å². The number of fused-ring (bicyclic) bond motifs is 1. The van der Waals surface area contributed by atoms with Gasteiger partial charge in [0.15, 0.2) is 5.58 Å². The summed E-state index contributed by atoms with van der Waals surface area (Å²) in [6.45, 7) is 0. The van der Waals surface area contributed by atoms with Crippen LogP contribution >= 0.6 is 23.2 Å². The monoisotopic (exact) mass is 398 g/mol. The number of nitrogens with zero attached hydrogens (tertiary/aromatic N) is 1. The van der Waals surface area contributed by atoms with Gasteiger partial charge in [0, 0.05) is 16.8 Å². The van der Waals surface area contributed by atoms with E-state index in [0.717, 1.165) is 0 Å². The number of furan rings is 1. The molecule has 2 aromatic heterocycles. The Balaban J connectivity index is 1.56. The fraction of sp³-hybridized carbons (Fsp3) is 0. The van der Waals surface area contributed by atoms with Gasteiger partial charge in [-0.3, -0.25) is 4.79 Å². The normalized spacial score (nSPS) is 11.3. The molecule has 1 N–H and O–H groups in total. The molecular formula is C20H12Cl2N2O3. The van der Waals surface area contributed by atoms with Gasteiger partial charge < -0.3 is 14.2 Å². The summed E-state index contributed by atoms with van der Waals surface area (Å²) in [5.74, 6) is 0.699. The van der Waals surface area contributed by atoms with E-state index < -0.39 is 0 Å². The van der Waals surface area contributed by atoms with Gasteiger partial charge >= 0.3 is 0 Å². The molecular weight excluding hydrogens is 387 g/mol. The molecule has 0 spiro atoms. The average Bonchev–Trinajstić information content (AvgIpc) is 3.29. The molecule has 2 aromatic carbocycles. The number of rotatable bonds is 4. The number of hydrogen-bond acceptors (Lipinski definition) is 4. The molecule has 0 radical (unpaired) electrons. The van der Waals surface area contributed by atoms with Crippen molar-refractivity contribution in [2.24, 2.45) is 0 Å². The number of hydrogen-bond donors (Lipinski definition) is 1. The highest BCUT2D eigenvalue weighted by molar-refractivity contribution is 6.36. The molecule has 2 heterocycles. The maximum absolute atomic E-state index is 12.0. The minimum Gasteiger partial charge on any atom is -0.465 e. The molecule has 0 aliphatic carbocycles. The smallest absolute Gasteiger partial charge is 0.248 e. The van der Waals surface area contributed by atoms with Crippen LogP contribution in [0.15, 0.2) is 69.7 Å². The lowest BCUT2D eigenvalue weighted by atomic mass is 10.2. The van der Waals surface area contributed by atoms with Crippen molar-refractivity contribution in [3.8, 4) is 11.5 Å². The molecule has 0 saturated carbocycles. The average molecular weight is 399 g/mol. The van der Waals surface area contributed by atoms with Crippen LogP contribution in [0.3, 0.4) is 0 Å². The lowest BCUT2D eigenvalue weighted by molar-refractivity contribution is -0.111. The van der Waals surface area contributed by atoms with E-state index in [1.54, 1.807) is 60.9 Å². The number of halogens is 2. The lowest BCUT2D eigenvalue weighted by Gasteiger charge is -2.00. The summed E-state index contributed by atoms with van der Waals surface area (Å²) < 4.78 is 10.9. The van der Waals surface area contributed by atoms with Crippen molar-refractivity contribution in [3.63, 3.8) is 0 Å². The van der Waals surface area contributed by atoms with Crippen LogP contribution < -0.4 is 5.32 Å². The predicted molar refractivity (Wildman–Crippen MR) is 106 cm³/mol. The first-order valence-corrected chi connectivity index (χ1v) is 8.73. The van der Waals surface area contributed by atoms with Gasteiger partial charge in [-0.05, 0) is 54.6 Å². The van der Waals surface area contributed by atoms with Crippen molar-refractivity contribution < 1.29 is 13.6 Å². The van der Waals surface area contributed by atoms with Crippen molar-refractivity contribution >= 4 is 52.0 Å². The zero-order chi connectivity index (χ0) is 18.8. The molecule has 0 atom stereocenters. The Kier molecular flexibility index (Phi) is 4.71. The van der Waals surface area contributed by atoms with Gasteiger partial charge in [-0.25, -0.2) is 4.98 Å². The molecule has 0 fully saturated rings. The van der Waals surface area contributed by atoms with Gasteiger partial charge in [-0.15, -0.1) is 0 Å². The topological polar surface area (TPSA) is 68.3 Å². The van der Waals surface area contributed by atoms with Crippen LogP contribution in [-0.4, -0.2) is 10.9 Å². The molecule has 27 heavy (non-hydrogen) atoms. The molecule has 0 unspecified atom stereocenters. The second kappa shape index (κ2) is 7.31. The third kappa shape index (κ3) is 3.89. The molecule has 0 saturated heterocycles. The van der Waals surface area contributed by atoms with Crippen molar-refractivity contribution in [2.75, 3.05) is 5.32 Å². The number of carbonyl (C=O) groups is 1. The zero-order valence-electron chi connectivity index (χ0n) is 13.8. The molecule has 0 aliphatic heterocycles. The highest BCUT2D eigenvalue weighted by Crippen LogP contribution is 2.32. The number of carbonyl (C=O) groups excluding carboxylic acids is 1. The Bertz CT molecular complexity index is 1150. The molecule has 7 heteroatoms. The van der Waals surface area contributed by atoms with Crippen LogP contribution in [0.2, 0.25) is 10.0 Å². The standard InChI is InChI=1S/C20H12Cl2N2O3/c21-12-3-6-15(16(22)10-12)20-24-17-11-13(4-7-18(17)27-20)23-19(25)8-5-14-2-1-9-26-14/h1-11H,(H,23,25)/b8-5-. The summed E-state index contributed by atoms with van der Waals surface area (Å²) in [5.41, 5.74) is 2.42. The fourth-order valence-corrected chi connectivity index (χ4v) is 3.00. The molecule has 4 aromatic rings. The van der Waals surface area contributed by atoms with E-state index in [9.17, 15) is 4.79 Å². The summed E-state index contributed by atoms with van der Waals surface area (Å²) in [5, 5.41) is 3.76. The van der Waals surface area contributed by atoms with Gasteiger partial charge in [0.05, 0.1) is 16.8 Å². The van der Waals surface area contributed by atoms with Gasteiger partial charge in [0.1, 0.15) is 11.3 Å². The summed E-state index contributed by atoms with van der Waals surface area (Å²) in [4.78, 5) is 16.5. The quantitative estimate of drug-likeness (QED) is 0.425. The number of aromatic nitrogens is 1. The van der Waals surface area contributed by atoms with Crippen LogP contribution in [0.25, 0.3) is 28.6 Å². The number of nitrogens with one attached hydrogen (secondary N) is 1. The number of benzene rings is 2. The minimum absolute atomic E-state index is 0.282. The molecule has 0 aliphatic rings. The third-order valence-corrected chi connectivity index (χ3v) is 4.31. The highest BCUT2D eigenvalue weighted by atomic mass is 35.5. The van der Waals surface area contributed by atoms with Crippen molar-refractivity contribution in [1.29, 1.82) is 0 Å². The second-order valence-corrected chi connectivity index (χ2v) is 6.51. The van der Waals surface area contributed by atoms with Crippen LogP contribution in [0.4, 0.5) is 5.69 Å². The van der Waals surface area contributed by atoms with Gasteiger partial charge in [0.25, 0.3) is 0 Å². The van der Waals surface area contributed by atoms with E-state index in [-0.39, 0.29) is 5.91 Å². The summed E-state index contributed by atoms with van der Waals surface area (Å²) in [7, 11) is 0. The van der Waals surface area contributed by atoms with E-state index in [0.29, 0.717) is 44.0 Å². The molecule has 1 amide bonds. The third-order valence-electron chi connectivity index (χ3n) is 3.76. The highest BCUT2D eigenvalue weighted by Gasteiger charge is 2.12. The van der Waals surface area contributed by atoms with Crippen LogP contribution in [0, 0.1) is 0 Å². The Morgan fingerprint density at radius 2 is 2.00 bits per heavy atom. The lowest BCUT2D eigenvalue weighted by Crippen LogP contribution is -2.07. The van der Waals surface area contributed by atoms with E-state index in [1.807, 2.05) is 0 Å². The minimum atomic E-state index is -0.282. The van der Waals surface area contributed by atoms with Crippen molar-refractivity contribution in [1.82, 2.24) is 4.98 Å². The van der Waals surface area contributed by atoms with E-state index in [4.69, 9.17) is 32.0 Å². The maximum atomic E-state index is 12.0. The molecule has 0 bridgehead atoms. The van der Waals surface area contributed by atoms with Gasteiger partial charge in [0.2, 0.25) is 11.8 Å². The first-order valence-electron chi connectivity index (χ1n) is 7.97. The van der Waals surface area contributed by atoms with Crippen LogP contribution in [0.5, 0.6) is 0 Å². The van der Waals surface area contributed by atoms with Crippen molar-refractivity contribution in [2.45, 2.75) is 0 Å². The molecule has 134 valence electrons.